The van der Waals surface area contributed by atoms with Crippen LogP contribution in [0.4, 0.5) is 0 Å². The highest BCUT2D eigenvalue weighted by atomic mass is 16.6. The number of ether oxygens (including phenoxy) is 1. The zero-order chi connectivity index (χ0) is 11.5. The molecule has 0 saturated heterocycles. The molecule has 0 aromatic carbocycles. The maximum atomic E-state index is 10.9. The molecule has 0 aliphatic heterocycles. The molecule has 0 radical (unpaired) electrons. The Hall–Kier alpha value is -1.85. The lowest BCUT2D eigenvalue weighted by Crippen LogP contribution is -2.40. The number of rotatable bonds is 2. The highest BCUT2D eigenvalue weighted by Crippen LogP contribution is 2.13. The first-order chi connectivity index (χ1) is 6.97. The standard InChI is InChI=1S/C9H13N3O3/c1-7(13)15-9(2,3)8(11-14)12-5-4-10-6-12/h4-6,14H,1-3H3. The Morgan fingerprint density at radius 1 is 1.60 bits per heavy atom. The van der Waals surface area contributed by atoms with E-state index in [1.54, 1.807) is 20.0 Å². The molecule has 15 heavy (non-hydrogen) atoms. The summed E-state index contributed by atoms with van der Waals surface area (Å²) in [5.41, 5.74) is -1.01. The van der Waals surface area contributed by atoms with E-state index in [0.29, 0.717) is 0 Å². The number of aromatic nitrogens is 2. The van der Waals surface area contributed by atoms with Gasteiger partial charge in [-0.25, -0.2) is 4.98 Å². The molecule has 0 unspecified atom stereocenters. The van der Waals surface area contributed by atoms with E-state index in [9.17, 15) is 4.79 Å². The fraction of sp³-hybridized carbons (Fsp3) is 0.444. The van der Waals surface area contributed by atoms with Gasteiger partial charge < -0.3 is 9.94 Å². The fourth-order valence-corrected chi connectivity index (χ4v) is 1.27. The first-order valence-electron chi connectivity index (χ1n) is 4.38. The molecule has 1 heterocycles. The molecule has 1 N–H and O–H groups in total. The van der Waals surface area contributed by atoms with Crippen LogP contribution in [0.1, 0.15) is 20.8 Å². The summed E-state index contributed by atoms with van der Waals surface area (Å²) >= 11 is 0. The summed E-state index contributed by atoms with van der Waals surface area (Å²) in [6.45, 7) is 4.55. The smallest absolute Gasteiger partial charge is 0.303 e. The Labute approximate surface area is 87.2 Å². The number of esters is 1. The van der Waals surface area contributed by atoms with Crippen molar-refractivity contribution in [1.82, 2.24) is 9.55 Å². The van der Waals surface area contributed by atoms with Crippen molar-refractivity contribution in [1.29, 1.82) is 0 Å². The molecule has 0 bridgehead atoms. The van der Waals surface area contributed by atoms with Crippen LogP contribution in [0.5, 0.6) is 0 Å². The first kappa shape index (κ1) is 11.2. The van der Waals surface area contributed by atoms with Crippen LogP contribution in [0.3, 0.4) is 0 Å². The van der Waals surface area contributed by atoms with E-state index in [4.69, 9.17) is 9.94 Å². The fourth-order valence-electron chi connectivity index (χ4n) is 1.27. The van der Waals surface area contributed by atoms with E-state index in [2.05, 4.69) is 10.1 Å². The quantitative estimate of drug-likeness (QED) is 0.259. The van der Waals surface area contributed by atoms with Crippen LogP contribution in [0, 0.1) is 0 Å². The zero-order valence-corrected chi connectivity index (χ0v) is 8.84. The van der Waals surface area contributed by atoms with Crippen molar-refractivity contribution in [3.05, 3.63) is 18.7 Å². The van der Waals surface area contributed by atoms with Gasteiger partial charge in [0.2, 0.25) is 0 Å². The molecule has 0 aliphatic carbocycles. The number of carbonyl (C=O) groups is 1. The molecule has 82 valence electrons. The van der Waals surface area contributed by atoms with Gasteiger partial charge in [0.1, 0.15) is 6.33 Å². The monoisotopic (exact) mass is 211 g/mol. The molecule has 1 aromatic heterocycles. The van der Waals surface area contributed by atoms with Crippen LogP contribution in [0.2, 0.25) is 0 Å². The summed E-state index contributed by atoms with van der Waals surface area (Å²) in [6, 6.07) is 0. The van der Waals surface area contributed by atoms with E-state index in [1.807, 2.05) is 0 Å². The number of hydrogen-bond donors (Lipinski definition) is 1. The van der Waals surface area contributed by atoms with E-state index in [1.165, 1.54) is 24.0 Å². The SMILES string of the molecule is CC(=O)OC(C)(C)C(=NO)n1ccnc1. The molecule has 0 amide bonds. The van der Waals surface area contributed by atoms with Gasteiger partial charge in [-0.05, 0) is 13.8 Å². The first-order valence-corrected chi connectivity index (χ1v) is 4.38. The Kier molecular flexibility index (Phi) is 3.08. The molecule has 1 rings (SSSR count). The molecule has 0 atom stereocenters. The van der Waals surface area contributed by atoms with E-state index in [0.717, 1.165) is 0 Å². The zero-order valence-electron chi connectivity index (χ0n) is 8.84. The van der Waals surface area contributed by atoms with Crippen molar-refractivity contribution in [3.63, 3.8) is 0 Å². The predicted molar refractivity (Wildman–Crippen MR) is 52.7 cm³/mol. The summed E-state index contributed by atoms with van der Waals surface area (Å²) in [5.74, 6) is -0.253. The molecule has 0 fully saturated rings. The lowest BCUT2D eigenvalue weighted by atomic mass is 10.1. The molecule has 0 aliphatic rings. The van der Waals surface area contributed by atoms with Crippen molar-refractivity contribution in [3.8, 4) is 0 Å². The number of carbonyl (C=O) groups excluding carboxylic acids is 1. The number of nitrogens with zero attached hydrogens (tertiary/aromatic N) is 3. The highest BCUT2D eigenvalue weighted by Gasteiger charge is 2.30. The van der Waals surface area contributed by atoms with Gasteiger partial charge in [0.05, 0.1) is 0 Å². The van der Waals surface area contributed by atoms with Crippen LogP contribution < -0.4 is 0 Å². The van der Waals surface area contributed by atoms with Crippen LogP contribution in [-0.2, 0) is 9.53 Å². The molecule has 6 heteroatoms. The Morgan fingerprint density at radius 2 is 2.27 bits per heavy atom. The maximum absolute atomic E-state index is 10.9. The second kappa shape index (κ2) is 4.12. The van der Waals surface area contributed by atoms with Gasteiger partial charge in [0, 0.05) is 19.3 Å². The third kappa shape index (κ3) is 2.55. The lowest BCUT2D eigenvalue weighted by Gasteiger charge is -2.25. The average Bonchev–Trinajstić information content (AvgIpc) is 2.54. The Morgan fingerprint density at radius 3 is 2.67 bits per heavy atom. The van der Waals surface area contributed by atoms with Gasteiger partial charge >= 0.3 is 5.97 Å². The van der Waals surface area contributed by atoms with Crippen molar-refractivity contribution < 1.29 is 14.7 Å². The highest BCUT2D eigenvalue weighted by molar-refractivity contribution is 5.92. The summed E-state index contributed by atoms with van der Waals surface area (Å²) in [6.07, 6.45) is 4.59. The maximum Gasteiger partial charge on any atom is 0.303 e. The molecule has 0 spiro atoms. The molecule has 1 aromatic rings. The van der Waals surface area contributed by atoms with E-state index in [-0.39, 0.29) is 5.84 Å². The van der Waals surface area contributed by atoms with Gasteiger partial charge in [-0.15, -0.1) is 0 Å². The Bertz CT molecular complexity index is 368. The second-order valence-electron chi connectivity index (χ2n) is 3.50. The summed E-state index contributed by atoms with van der Waals surface area (Å²) in [5, 5.41) is 12.0. The minimum Gasteiger partial charge on any atom is -0.452 e. The van der Waals surface area contributed by atoms with Crippen LogP contribution >= 0.6 is 0 Å². The topological polar surface area (TPSA) is 76.7 Å². The van der Waals surface area contributed by atoms with Crippen molar-refractivity contribution >= 4 is 11.8 Å². The van der Waals surface area contributed by atoms with Crippen LogP contribution in [0.15, 0.2) is 23.9 Å². The molecular weight excluding hydrogens is 198 g/mol. The number of oxime groups is 1. The summed E-state index contributed by atoms with van der Waals surface area (Å²) in [4.78, 5) is 14.7. The number of imidazole rings is 1. The lowest BCUT2D eigenvalue weighted by molar-refractivity contribution is -0.148. The second-order valence-corrected chi connectivity index (χ2v) is 3.50. The molecule has 0 saturated carbocycles. The van der Waals surface area contributed by atoms with Gasteiger partial charge in [-0.2, -0.15) is 0 Å². The van der Waals surface area contributed by atoms with Crippen molar-refractivity contribution in [2.24, 2.45) is 5.16 Å². The summed E-state index contributed by atoms with van der Waals surface area (Å²) < 4.78 is 6.51. The van der Waals surface area contributed by atoms with Crippen molar-refractivity contribution in [2.45, 2.75) is 26.4 Å². The van der Waals surface area contributed by atoms with Gasteiger partial charge in [0.25, 0.3) is 0 Å². The van der Waals surface area contributed by atoms with E-state index < -0.39 is 11.6 Å². The molecular formula is C9H13N3O3. The normalized spacial score (nSPS) is 12.6. The summed E-state index contributed by atoms with van der Waals surface area (Å²) in [7, 11) is 0. The molecule has 6 nitrogen and oxygen atoms in total. The third-order valence-corrected chi connectivity index (χ3v) is 1.78. The van der Waals surface area contributed by atoms with Gasteiger partial charge in [0.15, 0.2) is 11.4 Å². The largest absolute Gasteiger partial charge is 0.452 e. The van der Waals surface area contributed by atoms with Crippen LogP contribution in [-0.4, -0.2) is 32.2 Å². The van der Waals surface area contributed by atoms with E-state index >= 15 is 0 Å². The number of hydrogen-bond acceptors (Lipinski definition) is 5. The van der Waals surface area contributed by atoms with Crippen molar-refractivity contribution in [2.75, 3.05) is 0 Å². The van der Waals surface area contributed by atoms with Gasteiger partial charge in [-0.3, -0.25) is 9.36 Å². The van der Waals surface area contributed by atoms with Gasteiger partial charge in [-0.1, -0.05) is 5.16 Å². The Balaban J connectivity index is 2.98. The average molecular weight is 211 g/mol. The third-order valence-electron chi connectivity index (χ3n) is 1.78. The van der Waals surface area contributed by atoms with Crippen LogP contribution in [0.25, 0.3) is 0 Å². The minimum atomic E-state index is -1.01. The predicted octanol–water partition coefficient (Wildman–Crippen LogP) is 0.861. The minimum absolute atomic E-state index is 0.190.